The van der Waals surface area contributed by atoms with E-state index in [9.17, 15) is 10.1 Å². The fourth-order valence-corrected chi connectivity index (χ4v) is 1.32. The third-order valence-corrected chi connectivity index (χ3v) is 2.01. The van der Waals surface area contributed by atoms with Crippen LogP contribution in [0.25, 0.3) is 0 Å². The first-order valence-electron chi connectivity index (χ1n) is 5.21. The Morgan fingerprint density at radius 1 is 1.50 bits per heavy atom. The van der Waals surface area contributed by atoms with Crippen molar-refractivity contribution in [1.82, 2.24) is 0 Å². The number of anilines is 1. The van der Waals surface area contributed by atoms with Gasteiger partial charge in [0, 0.05) is 25.4 Å². The Kier molecular flexibility index (Phi) is 4.44. The average Bonchev–Trinajstić information content (AvgIpc) is 2.27. The van der Waals surface area contributed by atoms with Gasteiger partial charge in [-0.1, -0.05) is 6.07 Å². The number of aliphatic imine (C=N–C) groups is 1. The molecule has 86 valence electrons. The minimum atomic E-state index is -0.388. The number of hydrogen-bond donors (Lipinski definition) is 1. The van der Waals surface area contributed by atoms with Crippen molar-refractivity contribution in [2.75, 3.05) is 18.4 Å². The van der Waals surface area contributed by atoms with E-state index in [0.29, 0.717) is 18.8 Å². The minimum Gasteiger partial charge on any atom is -0.380 e. The molecule has 0 bridgehead atoms. The summed E-state index contributed by atoms with van der Waals surface area (Å²) < 4.78 is 0. The predicted molar refractivity (Wildman–Crippen MR) is 65.4 cm³/mol. The highest BCUT2D eigenvalue weighted by molar-refractivity contribution is 5.83. The van der Waals surface area contributed by atoms with Crippen LogP contribution in [-0.2, 0) is 0 Å². The van der Waals surface area contributed by atoms with Crippen LogP contribution in [0, 0.1) is 10.1 Å². The molecule has 0 unspecified atom stereocenters. The van der Waals surface area contributed by atoms with Gasteiger partial charge >= 0.3 is 0 Å². The van der Waals surface area contributed by atoms with E-state index in [1.807, 2.05) is 19.9 Å². The molecule has 0 radical (unpaired) electrons. The molecule has 1 aromatic carbocycles. The van der Waals surface area contributed by atoms with Gasteiger partial charge in [0.2, 0.25) is 0 Å². The summed E-state index contributed by atoms with van der Waals surface area (Å²) in [6, 6.07) is 5.04. The normalized spacial score (nSPS) is 10.6. The number of nitro groups is 1. The van der Waals surface area contributed by atoms with Crippen molar-refractivity contribution < 1.29 is 4.92 Å². The standard InChI is InChI=1S/C11H15N3O2/c1-3-12-8-9-5-6-10(13-4-2)11(7-9)14(15)16/h5-8,13H,3-4H2,1-2H3. The van der Waals surface area contributed by atoms with Gasteiger partial charge in [-0.2, -0.15) is 0 Å². The SMILES string of the molecule is CCN=Cc1ccc(NCC)c([N+](=O)[O-])c1. The third kappa shape index (κ3) is 3.05. The number of nitrogens with one attached hydrogen (secondary N) is 1. The van der Waals surface area contributed by atoms with Gasteiger partial charge in [0.25, 0.3) is 5.69 Å². The molecule has 1 aromatic rings. The van der Waals surface area contributed by atoms with Gasteiger partial charge in [-0.05, 0) is 25.5 Å². The monoisotopic (exact) mass is 221 g/mol. The van der Waals surface area contributed by atoms with E-state index in [0.717, 1.165) is 5.56 Å². The molecule has 1 rings (SSSR count). The van der Waals surface area contributed by atoms with Crippen molar-refractivity contribution in [3.05, 3.63) is 33.9 Å². The Balaban J connectivity index is 3.07. The van der Waals surface area contributed by atoms with Gasteiger partial charge < -0.3 is 5.32 Å². The lowest BCUT2D eigenvalue weighted by molar-refractivity contribution is -0.384. The maximum atomic E-state index is 10.8. The maximum Gasteiger partial charge on any atom is 0.292 e. The van der Waals surface area contributed by atoms with Crippen LogP contribution in [-0.4, -0.2) is 24.2 Å². The molecule has 16 heavy (non-hydrogen) atoms. The summed E-state index contributed by atoms with van der Waals surface area (Å²) >= 11 is 0. The van der Waals surface area contributed by atoms with E-state index in [4.69, 9.17) is 0 Å². The molecule has 0 amide bonds. The molecule has 1 N–H and O–H groups in total. The lowest BCUT2D eigenvalue weighted by Gasteiger charge is -2.04. The molecular formula is C11H15N3O2. The van der Waals surface area contributed by atoms with Gasteiger partial charge in [-0.25, -0.2) is 0 Å². The first-order valence-corrected chi connectivity index (χ1v) is 5.21. The first kappa shape index (κ1) is 12.2. The molecule has 0 spiro atoms. The Morgan fingerprint density at radius 2 is 2.25 bits per heavy atom. The zero-order valence-electron chi connectivity index (χ0n) is 9.43. The second-order valence-corrected chi connectivity index (χ2v) is 3.19. The van der Waals surface area contributed by atoms with Crippen molar-refractivity contribution in [3.63, 3.8) is 0 Å². The van der Waals surface area contributed by atoms with Crippen LogP contribution in [0.2, 0.25) is 0 Å². The van der Waals surface area contributed by atoms with Crippen LogP contribution in [0.5, 0.6) is 0 Å². The maximum absolute atomic E-state index is 10.8. The molecule has 0 aromatic heterocycles. The molecule has 5 nitrogen and oxygen atoms in total. The van der Waals surface area contributed by atoms with E-state index in [1.54, 1.807) is 12.3 Å². The lowest BCUT2D eigenvalue weighted by Crippen LogP contribution is -2.01. The van der Waals surface area contributed by atoms with Crippen LogP contribution in [0.4, 0.5) is 11.4 Å². The van der Waals surface area contributed by atoms with Gasteiger partial charge in [-0.15, -0.1) is 0 Å². The van der Waals surface area contributed by atoms with Crippen molar-refractivity contribution >= 4 is 17.6 Å². The van der Waals surface area contributed by atoms with Gasteiger partial charge in [0.1, 0.15) is 5.69 Å². The average molecular weight is 221 g/mol. The highest BCUT2D eigenvalue weighted by Crippen LogP contribution is 2.24. The first-order chi connectivity index (χ1) is 7.69. The lowest BCUT2D eigenvalue weighted by atomic mass is 10.2. The zero-order valence-corrected chi connectivity index (χ0v) is 9.43. The topological polar surface area (TPSA) is 67.5 Å². The second kappa shape index (κ2) is 5.85. The smallest absolute Gasteiger partial charge is 0.292 e. The summed E-state index contributed by atoms with van der Waals surface area (Å²) in [5, 5.41) is 13.8. The van der Waals surface area contributed by atoms with Crippen LogP contribution in [0.15, 0.2) is 23.2 Å². The third-order valence-electron chi connectivity index (χ3n) is 2.01. The summed E-state index contributed by atoms with van der Waals surface area (Å²) in [5.74, 6) is 0. The summed E-state index contributed by atoms with van der Waals surface area (Å²) in [5.41, 5.74) is 1.37. The van der Waals surface area contributed by atoms with Gasteiger partial charge in [0.05, 0.1) is 4.92 Å². The van der Waals surface area contributed by atoms with Crippen LogP contribution in [0.1, 0.15) is 19.4 Å². The molecule has 0 aliphatic heterocycles. The largest absolute Gasteiger partial charge is 0.380 e. The van der Waals surface area contributed by atoms with E-state index < -0.39 is 0 Å². The fraction of sp³-hybridized carbons (Fsp3) is 0.364. The molecular weight excluding hydrogens is 206 g/mol. The minimum absolute atomic E-state index is 0.0851. The van der Waals surface area contributed by atoms with E-state index >= 15 is 0 Å². The molecule has 0 aliphatic rings. The number of hydrogen-bond acceptors (Lipinski definition) is 4. The number of nitro benzene ring substituents is 1. The van der Waals surface area contributed by atoms with Crippen LogP contribution in [0.3, 0.4) is 0 Å². The second-order valence-electron chi connectivity index (χ2n) is 3.19. The van der Waals surface area contributed by atoms with E-state index in [2.05, 4.69) is 10.3 Å². The number of benzene rings is 1. The molecule has 0 heterocycles. The van der Waals surface area contributed by atoms with Gasteiger partial charge in [0.15, 0.2) is 0 Å². The molecule has 0 saturated carbocycles. The number of rotatable bonds is 5. The molecule has 0 saturated heterocycles. The Labute approximate surface area is 94.4 Å². The highest BCUT2D eigenvalue weighted by atomic mass is 16.6. The highest BCUT2D eigenvalue weighted by Gasteiger charge is 2.12. The van der Waals surface area contributed by atoms with Crippen molar-refractivity contribution in [3.8, 4) is 0 Å². The Hall–Kier alpha value is -1.91. The van der Waals surface area contributed by atoms with Crippen LogP contribution >= 0.6 is 0 Å². The molecule has 5 heteroatoms. The zero-order chi connectivity index (χ0) is 12.0. The van der Waals surface area contributed by atoms with Crippen molar-refractivity contribution in [2.45, 2.75) is 13.8 Å². The fourth-order valence-electron chi connectivity index (χ4n) is 1.32. The number of nitrogens with zero attached hydrogens (tertiary/aromatic N) is 2. The quantitative estimate of drug-likeness (QED) is 0.471. The van der Waals surface area contributed by atoms with E-state index in [-0.39, 0.29) is 10.6 Å². The summed E-state index contributed by atoms with van der Waals surface area (Å²) in [6.45, 7) is 5.14. The van der Waals surface area contributed by atoms with Crippen molar-refractivity contribution in [1.29, 1.82) is 0 Å². The Morgan fingerprint density at radius 3 is 2.81 bits per heavy atom. The molecule has 0 fully saturated rings. The predicted octanol–water partition coefficient (Wildman–Crippen LogP) is 2.47. The van der Waals surface area contributed by atoms with Crippen molar-refractivity contribution in [2.24, 2.45) is 4.99 Å². The Bertz CT molecular complexity index is 402. The van der Waals surface area contributed by atoms with Gasteiger partial charge in [-0.3, -0.25) is 15.1 Å². The van der Waals surface area contributed by atoms with Crippen LogP contribution < -0.4 is 5.32 Å². The summed E-state index contributed by atoms with van der Waals surface area (Å²) in [6.07, 6.45) is 1.64. The summed E-state index contributed by atoms with van der Waals surface area (Å²) in [4.78, 5) is 14.5. The summed E-state index contributed by atoms with van der Waals surface area (Å²) in [7, 11) is 0. The molecule has 0 aliphatic carbocycles. The van der Waals surface area contributed by atoms with E-state index in [1.165, 1.54) is 6.07 Å². The molecule has 0 atom stereocenters.